The van der Waals surface area contributed by atoms with E-state index in [-0.39, 0.29) is 18.1 Å². The maximum atomic E-state index is 13.1. The van der Waals surface area contributed by atoms with Crippen LogP contribution in [0.3, 0.4) is 0 Å². The summed E-state index contributed by atoms with van der Waals surface area (Å²) in [5, 5.41) is 0. The first-order valence-corrected chi connectivity index (χ1v) is 11.5. The Morgan fingerprint density at radius 3 is 2.65 bits per heavy atom. The van der Waals surface area contributed by atoms with Gasteiger partial charge in [0.25, 0.3) is 5.91 Å². The molecule has 1 aromatic heterocycles. The smallest absolute Gasteiger partial charge is 0.339 e. The highest BCUT2D eigenvalue weighted by atomic mass is 32.2. The second-order valence-corrected chi connectivity index (χ2v) is 8.70. The van der Waals surface area contributed by atoms with E-state index in [4.69, 9.17) is 26.1 Å². The second kappa shape index (κ2) is 10.1. The number of benzene rings is 2. The van der Waals surface area contributed by atoms with Crippen molar-refractivity contribution in [3.05, 3.63) is 82.5 Å². The highest BCUT2D eigenvalue weighted by molar-refractivity contribution is 8.27. The number of hydrogen-bond acceptors (Lipinski definition) is 8. The zero-order valence-electron chi connectivity index (χ0n) is 18.3. The van der Waals surface area contributed by atoms with Crippen LogP contribution in [-0.4, -0.2) is 35.9 Å². The van der Waals surface area contributed by atoms with Crippen molar-refractivity contribution in [3.63, 3.8) is 0 Å². The third-order valence-corrected chi connectivity index (χ3v) is 6.20. The molecule has 1 amide bonds. The van der Waals surface area contributed by atoms with E-state index in [1.165, 1.54) is 12.0 Å². The Morgan fingerprint density at radius 1 is 1.09 bits per heavy atom. The summed E-state index contributed by atoms with van der Waals surface area (Å²) in [4.78, 5) is 39.0. The van der Waals surface area contributed by atoms with Gasteiger partial charge in [0, 0.05) is 11.6 Å². The topological polar surface area (TPSA) is 86.0 Å². The van der Waals surface area contributed by atoms with Crippen molar-refractivity contribution in [2.24, 2.45) is 0 Å². The molecule has 1 saturated heterocycles. The van der Waals surface area contributed by atoms with E-state index in [2.05, 4.69) is 0 Å². The summed E-state index contributed by atoms with van der Waals surface area (Å²) >= 11 is 6.53. The molecule has 2 heterocycles. The number of para-hydroxylation sites is 1. The number of furan rings is 1. The molecule has 34 heavy (non-hydrogen) atoms. The lowest BCUT2D eigenvalue weighted by atomic mass is 10.1. The number of thioether (sulfide) groups is 1. The van der Waals surface area contributed by atoms with Gasteiger partial charge in [-0.3, -0.25) is 9.69 Å². The fraction of sp³-hybridized carbons (Fsp3) is 0.120. The van der Waals surface area contributed by atoms with Crippen molar-refractivity contribution in [2.75, 3.05) is 18.6 Å². The molecule has 0 bridgehead atoms. The minimum Gasteiger partial charge on any atom is -0.465 e. The number of rotatable bonds is 6. The Hall–Kier alpha value is -3.69. The van der Waals surface area contributed by atoms with E-state index in [1.807, 2.05) is 6.07 Å². The fourth-order valence-electron chi connectivity index (χ4n) is 3.36. The van der Waals surface area contributed by atoms with Crippen LogP contribution in [0, 0.1) is 0 Å². The van der Waals surface area contributed by atoms with Crippen molar-refractivity contribution in [2.45, 2.75) is 6.92 Å². The number of hydrogen-bond donors (Lipinski definition) is 0. The first-order valence-electron chi connectivity index (χ1n) is 10.3. The predicted molar refractivity (Wildman–Crippen MR) is 134 cm³/mol. The number of thiocarbonyl (C=S) groups is 1. The molecule has 1 aliphatic rings. The predicted octanol–water partition coefficient (Wildman–Crippen LogP) is 5.32. The largest absolute Gasteiger partial charge is 0.465 e. The summed E-state index contributed by atoms with van der Waals surface area (Å²) in [6, 6.07) is 17.0. The Morgan fingerprint density at radius 2 is 1.88 bits per heavy atom. The van der Waals surface area contributed by atoms with Crippen LogP contribution in [0.25, 0.3) is 17.4 Å². The highest BCUT2D eigenvalue weighted by Gasteiger charge is 2.35. The molecule has 0 saturated carbocycles. The lowest BCUT2D eigenvalue weighted by molar-refractivity contribution is -0.113. The van der Waals surface area contributed by atoms with Crippen LogP contribution in [0.5, 0.6) is 0 Å². The molecule has 0 atom stereocenters. The molecule has 9 heteroatoms. The van der Waals surface area contributed by atoms with Crippen LogP contribution < -0.4 is 4.90 Å². The highest BCUT2D eigenvalue weighted by Crippen LogP contribution is 2.38. The van der Waals surface area contributed by atoms with Crippen molar-refractivity contribution < 1.29 is 28.3 Å². The number of ether oxygens (including phenoxy) is 2. The van der Waals surface area contributed by atoms with Gasteiger partial charge in [0.15, 0.2) is 4.32 Å². The molecular formula is C25H19NO6S2. The number of anilines is 1. The molecule has 1 fully saturated rings. The molecule has 0 unspecified atom stereocenters. The van der Waals surface area contributed by atoms with Gasteiger partial charge in [-0.1, -0.05) is 48.2 Å². The van der Waals surface area contributed by atoms with Crippen LogP contribution in [0.15, 0.2) is 70.0 Å². The monoisotopic (exact) mass is 493 g/mol. The van der Waals surface area contributed by atoms with E-state index in [0.29, 0.717) is 37.6 Å². The van der Waals surface area contributed by atoms with Gasteiger partial charge in [-0.2, -0.15) is 0 Å². The molecular weight excluding hydrogens is 474 g/mol. The Labute approximate surface area is 205 Å². The minimum atomic E-state index is -0.561. The summed E-state index contributed by atoms with van der Waals surface area (Å²) in [6.07, 6.45) is 1.60. The van der Waals surface area contributed by atoms with Crippen LogP contribution in [-0.2, 0) is 14.3 Å². The van der Waals surface area contributed by atoms with Crippen LogP contribution in [0.2, 0.25) is 0 Å². The number of carbonyl (C=O) groups excluding carboxylic acids is 3. The number of amides is 1. The van der Waals surface area contributed by atoms with Gasteiger partial charge in [0.2, 0.25) is 0 Å². The molecule has 172 valence electrons. The maximum absolute atomic E-state index is 13.1. The summed E-state index contributed by atoms with van der Waals surface area (Å²) < 4.78 is 16.1. The molecule has 4 rings (SSSR count). The quantitative estimate of drug-likeness (QED) is 0.259. The van der Waals surface area contributed by atoms with E-state index < -0.39 is 11.9 Å². The number of esters is 2. The molecule has 2 aromatic carbocycles. The zero-order valence-corrected chi connectivity index (χ0v) is 19.9. The summed E-state index contributed by atoms with van der Waals surface area (Å²) in [7, 11) is 1.28. The first kappa shape index (κ1) is 23.5. The number of methoxy groups -OCH3 is 1. The van der Waals surface area contributed by atoms with Crippen molar-refractivity contribution in [1.82, 2.24) is 0 Å². The Balaban J connectivity index is 1.60. The van der Waals surface area contributed by atoms with Crippen LogP contribution in [0.1, 0.15) is 33.4 Å². The second-order valence-electron chi connectivity index (χ2n) is 7.03. The lowest BCUT2D eigenvalue weighted by Crippen LogP contribution is -2.29. The van der Waals surface area contributed by atoms with Crippen LogP contribution >= 0.6 is 24.0 Å². The lowest BCUT2D eigenvalue weighted by Gasteiger charge is -2.17. The standard InChI is InChI=1S/C25H19NO6S2/c1-3-31-23(28)16-8-6-7-15(13-16)20-12-11-17(32-20)14-21-22(27)26(25(33)34-21)19-10-5-4-9-18(19)24(29)30-2/h4-14H,3H2,1-2H3/b21-14+. The van der Waals surface area contributed by atoms with Gasteiger partial charge in [-0.25, -0.2) is 9.59 Å². The average Bonchev–Trinajstić information content (AvgIpc) is 3.43. The molecule has 0 N–H and O–H groups in total. The third-order valence-electron chi connectivity index (χ3n) is 4.90. The Kier molecular flexibility index (Phi) is 6.95. The molecule has 0 radical (unpaired) electrons. The summed E-state index contributed by atoms with van der Waals surface area (Å²) in [6.45, 7) is 2.04. The van der Waals surface area contributed by atoms with Gasteiger partial charge in [0.1, 0.15) is 11.5 Å². The molecule has 1 aliphatic heterocycles. The molecule has 0 aliphatic carbocycles. The van der Waals surface area contributed by atoms with E-state index in [9.17, 15) is 14.4 Å². The van der Waals surface area contributed by atoms with E-state index in [0.717, 1.165) is 11.8 Å². The SMILES string of the molecule is CCOC(=O)c1cccc(-c2ccc(/C=C3/SC(=S)N(c4ccccc4C(=O)OC)C3=O)o2)c1. The minimum absolute atomic E-state index is 0.240. The molecule has 3 aromatic rings. The zero-order chi connectivity index (χ0) is 24.2. The van der Waals surface area contributed by atoms with Gasteiger partial charge in [-0.05, 0) is 43.3 Å². The van der Waals surface area contributed by atoms with Crippen molar-refractivity contribution >= 4 is 57.9 Å². The fourth-order valence-corrected chi connectivity index (χ4v) is 4.62. The summed E-state index contributed by atoms with van der Waals surface area (Å²) in [5.74, 6) is -0.364. The third kappa shape index (κ3) is 4.66. The van der Waals surface area contributed by atoms with Gasteiger partial charge in [-0.15, -0.1) is 0 Å². The van der Waals surface area contributed by atoms with Crippen molar-refractivity contribution in [1.29, 1.82) is 0 Å². The number of carbonyl (C=O) groups is 3. The van der Waals surface area contributed by atoms with Gasteiger partial charge < -0.3 is 13.9 Å². The maximum Gasteiger partial charge on any atom is 0.339 e. The normalized spacial score (nSPS) is 14.5. The van der Waals surface area contributed by atoms with E-state index >= 15 is 0 Å². The Bertz CT molecular complexity index is 1330. The van der Waals surface area contributed by atoms with Gasteiger partial charge in [0.05, 0.1) is 35.4 Å². The summed E-state index contributed by atoms with van der Waals surface area (Å²) in [5.41, 5.74) is 1.72. The molecule has 0 spiro atoms. The first-order chi connectivity index (χ1) is 16.4. The van der Waals surface area contributed by atoms with Crippen LogP contribution in [0.4, 0.5) is 5.69 Å². The average molecular weight is 494 g/mol. The number of nitrogens with zero attached hydrogens (tertiary/aromatic N) is 1. The molecule has 7 nitrogen and oxygen atoms in total. The van der Waals surface area contributed by atoms with Gasteiger partial charge >= 0.3 is 11.9 Å². The van der Waals surface area contributed by atoms with Crippen molar-refractivity contribution in [3.8, 4) is 11.3 Å². The van der Waals surface area contributed by atoms with E-state index in [1.54, 1.807) is 67.6 Å².